The summed E-state index contributed by atoms with van der Waals surface area (Å²) >= 11 is 0. The van der Waals surface area contributed by atoms with Gasteiger partial charge in [-0.15, -0.1) is 0 Å². The van der Waals surface area contributed by atoms with Gasteiger partial charge in [-0.3, -0.25) is 4.98 Å². The maximum atomic E-state index is 14.9. The number of morpholine rings is 1. The third-order valence-corrected chi connectivity index (χ3v) is 6.11. The third kappa shape index (κ3) is 4.51. The van der Waals surface area contributed by atoms with Gasteiger partial charge in [-0.05, 0) is 32.4 Å². The molecule has 5 rings (SSSR count). The van der Waals surface area contributed by atoms with Gasteiger partial charge >= 0.3 is 5.97 Å². The zero-order valence-electron chi connectivity index (χ0n) is 18.7. The molecular formula is C24H25F2N5O3. The molecule has 0 spiro atoms. The van der Waals surface area contributed by atoms with Gasteiger partial charge in [-0.2, -0.15) is 0 Å². The van der Waals surface area contributed by atoms with E-state index in [-0.39, 0.29) is 16.8 Å². The molecule has 2 saturated heterocycles. The third-order valence-electron chi connectivity index (χ3n) is 6.11. The summed E-state index contributed by atoms with van der Waals surface area (Å²) in [5, 5.41) is 6.40. The summed E-state index contributed by atoms with van der Waals surface area (Å²) in [6, 6.07) is 3.41. The summed E-state index contributed by atoms with van der Waals surface area (Å²) in [6.45, 7) is 5.17. The molecule has 2 N–H and O–H groups in total. The number of benzene rings is 1. The first-order valence-corrected chi connectivity index (χ1v) is 11.3. The van der Waals surface area contributed by atoms with Crippen molar-refractivity contribution in [2.24, 2.45) is 0 Å². The summed E-state index contributed by atoms with van der Waals surface area (Å²) in [5.41, 5.74) is 2.32. The number of hydrogen-bond acceptors (Lipinski definition) is 8. The molecule has 10 heteroatoms. The molecule has 2 aliphatic heterocycles. The van der Waals surface area contributed by atoms with E-state index >= 15 is 0 Å². The van der Waals surface area contributed by atoms with E-state index in [9.17, 15) is 13.6 Å². The summed E-state index contributed by atoms with van der Waals surface area (Å²) in [6.07, 6.45) is 4.91. The minimum atomic E-state index is -0.766. The fraction of sp³-hybridized carbons (Fsp3) is 0.375. The quantitative estimate of drug-likeness (QED) is 0.550. The van der Waals surface area contributed by atoms with E-state index < -0.39 is 23.6 Å². The lowest BCUT2D eigenvalue weighted by molar-refractivity contribution is -0.136. The van der Waals surface area contributed by atoms with Crippen LogP contribution in [0.1, 0.15) is 18.4 Å². The van der Waals surface area contributed by atoms with Crippen LogP contribution in [0.4, 0.5) is 25.8 Å². The van der Waals surface area contributed by atoms with Gasteiger partial charge in [-0.25, -0.2) is 18.6 Å². The molecule has 34 heavy (non-hydrogen) atoms. The highest BCUT2D eigenvalue weighted by molar-refractivity contribution is 5.97. The number of hydrogen-bond donors (Lipinski definition) is 2. The Hall–Kier alpha value is -3.37. The van der Waals surface area contributed by atoms with Gasteiger partial charge in [-0.1, -0.05) is 0 Å². The first-order chi connectivity index (χ1) is 16.5. The highest BCUT2D eigenvalue weighted by Gasteiger charge is 2.26. The molecule has 8 nitrogen and oxygen atoms in total. The van der Waals surface area contributed by atoms with Crippen molar-refractivity contribution in [3.63, 3.8) is 0 Å². The standard InChI is InChI=1S/C24H25F2N5O3/c1-14-22(29-16-11-17(13-27-12-16)31-5-7-33-8-6-31)21-18(26)9-15(25)10-20(21)30-23(14)34-24(32)19-3-2-4-28-19/h9-13,19,28H,2-8H2,1H3,(H,29,30)/t19-/m0/s1. The number of nitrogens with zero attached hydrogens (tertiary/aromatic N) is 3. The number of carbonyl (C=O) groups excluding carboxylic acids is 1. The molecule has 0 aliphatic carbocycles. The van der Waals surface area contributed by atoms with Crippen LogP contribution in [0.2, 0.25) is 0 Å². The van der Waals surface area contributed by atoms with Crippen LogP contribution in [-0.2, 0) is 9.53 Å². The highest BCUT2D eigenvalue weighted by Crippen LogP contribution is 2.37. The molecule has 2 fully saturated rings. The normalized spacial score (nSPS) is 18.3. The number of fused-ring (bicyclic) bond motifs is 1. The van der Waals surface area contributed by atoms with Gasteiger partial charge in [0.15, 0.2) is 0 Å². The molecule has 0 bridgehead atoms. The number of anilines is 3. The second kappa shape index (κ2) is 9.47. The van der Waals surface area contributed by atoms with Crippen LogP contribution in [-0.4, -0.2) is 54.8 Å². The van der Waals surface area contributed by atoms with Crippen molar-refractivity contribution in [2.45, 2.75) is 25.8 Å². The fourth-order valence-electron chi connectivity index (χ4n) is 4.33. The smallest absolute Gasteiger partial charge is 0.329 e. The van der Waals surface area contributed by atoms with Crippen LogP contribution in [0.5, 0.6) is 5.88 Å². The molecule has 0 radical (unpaired) electrons. The van der Waals surface area contributed by atoms with Crippen molar-refractivity contribution in [3.05, 3.63) is 47.8 Å². The van der Waals surface area contributed by atoms with Crippen molar-refractivity contribution in [3.8, 4) is 5.88 Å². The van der Waals surface area contributed by atoms with Gasteiger partial charge in [0.1, 0.15) is 17.7 Å². The monoisotopic (exact) mass is 469 g/mol. The van der Waals surface area contributed by atoms with Crippen molar-refractivity contribution >= 4 is 33.9 Å². The van der Waals surface area contributed by atoms with E-state index in [2.05, 4.69) is 25.5 Å². The Kier molecular flexibility index (Phi) is 6.25. The molecule has 0 saturated carbocycles. The number of ether oxygens (including phenoxy) is 2. The summed E-state index contributed by atoms with van der Waals surface area (Å²) in [5.74, 6) is -1.99. The Morgan fingerprint density at radius 2 is 2.06 bits per heavy atom. The molecule has 1 aromatic carbocycles. The molecule has 0 amide bonds. The number of rotatable bonds is 5. The summed E-state index contributed by atoms with van der Waals surface area (Å²) in [7, 11) is 0. The maximum Gasteiger partial charge on any atom is 0.329 e. The molecule has 1 atom stereocenters. The SMILES string of the molecule is Cc1c(OC(=O)[C@@H]2CCCN2)nc2cc(F)cc(F)c2c1Nc1cncc(N2CCOCC2)c1. The van der Waals surface area contributed by atoms with E-state index in [1.165, 1.54) is 0 Å². The second-order valence-electron chi connectivity index (χ2n) is 8.42. The van der Waals surface area contributed by atoms with Crippen LogP contribution >= 0.6 is 0 Å². The molecule has 3 aromatic rings. The van der Waals surface area contributed by atoms with Crippen LogP contribution in [0.15, 0.2) is 30.6 Å². The number of esters is 1. The van der Waals surface area contributed by atoms with Gasteiger partial charge in [0.05, 0.1) is 53.6 Å². The molecule has 4 heterocycles. The Labute approximate surface area is 195 Å². The molecule has 178 valence electrons. The number of nitrogens with one attached hydrogen (secondary N) is 2. The van der Waals surface area contributed by atoms with Crippen molar-refractivity contribution in [1.82, 2.24) is 15.3 Å². The van der Waals surface area contributed by atoms with Crippen molar-refractivity contribution in [1.29, 1.82) is 0 Å². The van der Waals surface area contributed by atoms with Gasteiger partial charge < -0.3 is 25.0 Å². The average Bonchev–Trinajstić information content (AvgIpc) is 3.37. The maximum absolute atomic E-state index is 14.9. The number of pyridine rings is 2. The average molecular weight is 469 g/mol. The van der Waals surface area contributed by atoms with Gasteiger partial charge in [0, 0.05) is 30.8 Å². The lowest BCUT2D eigenvalue weighted by Crippen LogP contribution is -2.36. The Balaban J connectivity index is 1.54. The number of carbonyl (C=O) groups is 1. The fourth-order valence-corrected chi connectivity index (χ4v) is 4.33. The van der Waals surface area contributed by atoms with Gasteiger partial charge in [0.2, 0.25) is 5.88 Å². The van der Waals surface area contributed by atoms with Crippen molar-refractivity contribution < 1.29 is 23.0 Å². The van der Waals surface area contributed by atoms with E-state index in [1.807, 2.05) is 6.07 Å². The second-order valence-corrected chi connectivity index (χ2v) is 8.42. The molecule has 2 aromatic heterocycles. The zero-order valence-corrected chi connectivity index (χ0v) is 18.7. The van der Waals surface area contributed by atoms with E-state index in [4.69, 9.17) is 9.47 Å². The topological polar surface area (TPSA) is 88.6 Å². The zero-order chi connectivity index (χ0) is 23.7. The Bertz CT molecular complexity index is 1230. The van der Waals surface area contributed by atoms with Crippen LogP contribution in [0, 0.1) is 18.6 Å². The Morgan fingerprint density at radius 1 is 1.24 bits per heavy atom. The number of halogens is 2. The minimum absolute atomic E-state index is 0.0102. The van der Waals surface area contributed by atoms with Crippen LogP contribution < -0.4 is 20.3 Å². The molecule has 2 aliphatic rings. The Morgan fingerprint density at radius 3 is 2.82 bits per heavy atom. The lowest BCUT2D eigenvalue weighted by Gasteiger charge is -2.28. The lowest BCUT2D eigenvalue weighted by atomic mass is 10.1. The van der Waals surface area contributed by atoms with E-state index in [0.717, 1.165) is 43.9 Å². The highest BCUT2D eigenvalue weighted by atomic mass is 19.1. The van der Waals surface area contributed by atoms with E-state index in [0.29, 0.717) is 36.6 Å². The van der Waals surface area contributed by atoms with E-state index in [1.54, 1.807) is 19.3 Å². The number of aromatic nitrogens is 2. The van der Waals surface area contributed by atoms with Crippen LogP contribution in [0.3, 0.4) is 0 Å². The predicted octanol–water partition coefficient (Wildman–Crippen LogP) is 3.45. The van der Waals surface area contributed by atoms with Crippen molar-refractivity contribution in [2.75, 3.05) is 43.1 Å². The summed E-state index contributed by atoms with van der Waals surface area (Å²) < 4.78 is 39.9. The first kappa shape index (κ1) is 22.4. The minimum Gasteiger partial charge on any atom is -0.406 e. The van der Waals surface area contributed by atoms with Gasteiger partial charge in [0.25, 0.3) is 0 Å². The molecular weight excluding hydrogens is 444 g/mol. The largest absolute Gasteiger partial charge is 0.406 e. The first-order valence-electron chi connectivity index (χ1n) is 11.3. The van der Waals surface area contributed by atoms with Crippen LogP contribution in [0.25, 0.3) is 10.9 Å². The summed E-state index contributed by atoms with van der Waals surface area (Å²) in [4.78, 5) is 23.3. The predicted molar refractivity (Wildman–Crippen MR) is 124 cm³/mol. The molecule has 0 unspecified atom stereocenters.